The summed E-state index contributed by atoms with van der Waals surface area (Å²) in [7, 11) is 0. The second-order valence-corrected chi connectivity index (χ2v) is 5.45. The van der Waals surface area contributed by atoms with Gasteiger partial charge in [-0.05, 0) is 36.8 Å². The average Bonchev–Trinajstić information content (AvgIpc) is 2.46. The molecule has 2 atom stereocenters. The maximum Gasteiger partial charge on any atom is 0.306 e. The van der Waals surface area contributed by atoms with E-state index in [0.717, 1.165) is 38.6 Å². The Balaban J connectivity index is 1.82. The van der Waals surface area contributed by atoms with Crippen LogP contribution in [0.25, 0.3) is 0 Å². The molecule has 104 valence electrons. The highest BCUT2D eigenvalue weighted by Gasteiger charge is 2.26. The fraction of sp³-hybridized carbons (Fsp3) is 0.562. The van der Waals surface area contributed by atoms with Crippen LogP contribution in [-0.4, -0.2) is 17.1 Å². The molecule has 2 unspecified atom stereocenters. The molecular weight excluding hydrogens is 238 g/mol. The largest absolute Gasteiger partial charge is 0.481 e. The molecule has 0 heterocycles. The van der Waals surface area contributed by atoms with E-state index in [1.54, 1.807) is 0 Å². The highest BCUT2D eigenvalue weighted by molar-refractivity contribution is 5.70. The molecule has 0 spiro atoms. The quantitative estimate of drug-likeness (QED) is 0.856. The van der Waals surface area contributed by atoms with Crippen molar-refractivity contribution in [3.05, 3.63) is 35.4 Å². The fourth-order valence-electron chi connectivity index (χ4n) is 2.75. The minimum absolute atomic E-state index is 0.159. The molecule has 3 heteroatoms. The molecule has 2 rings (SSSR count). The Bertz CT molecular complexity index is 413. The average molecular weight is 261 g/mol. The summed E-state index contributed by atoms with van der Waals surface area (Å²) in [6.45, 7) is 2.99. The van der Waals surface area contributed by atoms with Crippen LogP contribution >= 0.6 is 0 Å². The number of nitrogens with one attached hydrogen (secondary N) is 1. The first-order valence-corrected chi connectivity index (χ1v) is 7.23. The molecule has 1 aliphatic rings. The highest BCUT2D eigenvalue weighted by atomic mass is 16.4. The molecule has 1 aromatic carbocycles. The van der Waals surface area contributed by atoms with E-state index < -0.39 is 5.97 Å². The summed E-state index contributed by atoms with van der Waals surface area (Å²) in [5, 5.41) is 12.6. The van der Waals surface area contributed by atoms with Crippen molar-refractivity contribution in [3.8, 4) is 0 Å². The zero-order chi connectivity index (χ0) is 13.7. The Morgan fingerprint density at radius 3 is 2.58 bits per heavy atom. The first-order chi connectivity index (χ1) is 9.19. The van der Waals surface area contributed by atoms with Crippen LogP contribution in [-0.2, 0) is 17.8 Å². The van der Waals surface area contributed by atoms with Gasteiger partial charge in [0.1, 0.15) is 0 Å². The van der Waals surface area contributed by atoms with Gasteiger partial charge < -0.3 is 10.4 Å². The molecule has 1 saturated carbocycles. The van der Waals surface area contributed by atoms with Gasteiger partial charge in [-0.25, -0.2) is 0 Å². The van der Waals surface area contributed by atoms with Gasteiger partial charge in [-0.1, -0.05) is 37.6 Å². The minimum Gasteiger partial charge on any atom is -0.481 e. The standard InChI is InChI=1S/C16H23NO2/c1-2-12-6-8-13(9-7-12)11-17-15-5-3-4-14(10-15)16(18)19/h6-9,14-15,17H,2-5,10-11H2,1H3,(H,18,19). The van der Waals surface area contributed by atoms with E-state index in [-0.39, 0.29) is 5.92 Å². The Morgan fingerprint density at radius 2 is 1.95 bits per heavy atom. The highest BCUT2D eigenvalue weighted by Crippen LogP contribution is 2.24. The van der Waals surface area contributed by atoms with E-state index in [2.05, 4.69) is 36.5 Å². The molecule has 3 nitrogen and oxygen atoms in total. The van der Waals surface area contributed by atoms with E-state index in [1.165, 1.54) is 11.1 Å². The first-order valence-electron chi connectivity index (χ1n) is 7.23. The summed E-state index contributed by atoms with van der Waals surface area (Å²) in [5.41, 5.74) is 2.63. The SMILES string of the molecule is CCc1ccc(CNC2CCCC(C(=O)O)C2)cc1. The van der Waals surface area contributed by atoms with Crippen molar-refractivity contribution in [1.82, 2.24) is 5.32 Å². The number of hydrogen-bond donors (Lipinski definition) is 2. The predicted molar refractivity (Wildman–Crippen MR) is 76.0 cm³/mol. The normalized spacial score (nSPS) is 23.2. The summed E-state index contributed by atoms with van der Waals surface area (Å²) < 4.78 is 0. The Hall–Kier alpha value is -1.35. The van der Waals surface area contributed by atoms with Crippen molar-refractivity contribution in [2.75, 3.05) is 0 Å². The van der Waals surface area contributed by atoms with Crippen LogP contribution in [0.3, 0.4) is 0 Å². The lowest BCUT2D eigenvalue weighted by atomic mass is 9.86. The van der Waals surface area contributed by atoms with Gasteiger partial charge in [0.2, 0.25) is 0 Å². The van der Waals surface area contributed by atoms with Gasteiger partial charge in [0, 0.05) is 12.6 Å². The van der Waals surface area contributed by atoms with Crippen molar-refractivity contribution in [2.24, 2.45) is 5.92 Å². The summed E-state index contributed by atoms with van der Waals surface area (Å²) in [4.78, 5) is 11.0. The van der Waals surface area contributed by atoms with Crippen LogP contribution in [0.1, 0.15) is 43.7 Å². The van der Waals surface area contributed by atoms with Gasteiger partial charge >= 0.3 is 5.97 Å². The third kappa shape index (κ3) is 4.06. The third-order valence-electron chi connectivity index (χ3n) is 4.05. The molecule has 2 N–H and O–H groups in total. The van der Waals surface area contributed by atoms with Gasteiger partial charge in [-0.3, -0.25) is 4.79 Å². The van der Waals surface area contributed by atoms with Crippen LogP contribution in [0, 0.1) is 5.92 Å². The summed E-state index contributed by atoms with van der Waals surface area (Å²) in [6.07, 6.45) is 4.78. The van der Waals surface area contributed by atoms with E-state index >= 15 is 0 Å². The number of hydrogen-bond acceptors (Lipinski definition) is 2. The van der Waals surface area contributed by atoms with Crippen LogP contribution in [0.15, 0.2) is 24.3 Å². The van der Waals surface area contributed by atoms with Crippen molar-refractivity contribution < 1.29 is 9.90 Å². The van der Waals surface area contributed by atoms with Gasteiger partial charge in [-0.2, -0.15) is 0 Å². The molecule has 1 aliphatic carbocycles. The molecule has 19 heavy (non-hydrogen) atoms. The fourth-order valence-corrected chi connectivity index (χ4v) is 2.75. The van der Waals surface area contributed by atoms with Crippen LogP contribution in [0.4, 0.5) is 0 Å². The maximum absolute atomic E-state index is 11.0. The first kappa shape index (κ1) is 14.1. The molecule has 0 radical (unpaired) electrons. The van der Waals surface area contributed by atoms with Crippen molar-refractivity contribution in [1.29, 1.82) is 0 Å². The number of carbonyl (C=O) groups is 1. The summed E-state index contributed by atoms with van der Waals surface area (Å²) in [5.74, 6) is -0.799. The van der Waals surface area contributed by atoms with Gasteiger partial charge in [-0.15, -0.1) is 0 Å². The molecule has 0 bridgehead atoms. The summed E-state index contributed by atoms with van der Waals surface area (Å²) in [6, 6.07) is 8.99. The minimum atomic E-state index is -0.640. The number of aliphatic carboxylic acids is 1. The van der Waals surface area contributed by atoms with Crippen molar-refractivity contribution in [2.45, 2.75) is 51.6 Å². The maximum atomic E-state index is 11.0. The second-order valence-electron chi connectivity index (χ2n) is 5.45. The number of aryl methyl sites for hydroxylation is 1. The van der Waals surface area contributed by atoms with Gasteiger partial charge in [0.25, 0.3) is 0 Å². The monoisotopic (exact) mass is 261 g/mol. The zero-order valence-electron chi connectivity index (χ0n) is 11.6. The Morgan fingerprint density at radius 1 is 1.26 bits per heavy atom. The summed E-state index contributed by atoms with van der Waals surface area (Å²) >= 11 is 0. The molecule has 0 aliphatic heterocycles. The number of carboxylic acids is 1. The molecule has 1 fully saturated rings. The lowest BCUT2D eigenvalue weighted by molar-refractivity contribution is -0.143. The molecule has 0 aromatic heterocycles. The van der Waals surface area contributed by atoms with Crippen LogP contribution in [0.5, 0.6) is 0 Å². The number of rotatable bonds is 5. The lowest BCUT2D eigenvalue weighted by Gasteiger charge is -2.27. The Labute approximate surface area is 115 Å². The number of benzene rings is 1. The van der Waals surface area contributed by atoms with E-state index in [4.69, 9.17) is 5.11 Å². The molecule has 0 saturated heterocycles. The predicted octanol–water partition coefficient (Wildman–Crippen LogP) is 2.98. The molecule has 0 amide bonds. The van der Waals surface area contributed by atoms with E-state index in [1.807, 2.05) is 0 Å². The smallest absolute Gasteiger partial charge is 0.306 e. The zero-order valence-corrected chi connectivity index (χ0v) is 11.6. The van der Waals surface area contributed by atoms with Gasteiger partial charge in [0.15, 0.2) is 0 Å². The lowest BCUT2D eigenvalue weighted by Crippen LogP contribution is -2.36. The van der Waals surface area contributed by atoms with Crippen LogP contribution in [0.2, 0.25) is 0 Å². The van der Waals surface area contributed by atoms with Crippen molar-refractivity contribution >= 4 is 5.97 Å². The Kier molecular flexibility index (Phi) is 4.97. The third-order valence-corrected chi connectivity index (χ3v) is 4.05. The van der Waals surface area contributed by atoms with E-state index in [9.17, 15) is 4.79 Å². The van der Waals surface area contributed by atoms with Crippen LogP contribution < -0.4 is 5.32 Å². The molecule has 1 aromatic rings. The van der Waals surface area contributed by atoms with Crippen molar-refractivity contribution in [3.63, 3.8) is 0 Å². The number of carboxylic acid groups (broad SMARTS) is 1. The topological polar surface area (TPSA) is 49.3 Å². The molecular formula is C16H23NO2. The second kappa shape index (κ2) is 6.71. The van der Waals surface area contributed by atoms with Gasteiger partial charge in [0.05, 0.1) is 5.92 Å². The van der Waals surface area contributed by atoms with E-state index in [0.29, 0.717) is 6.04 Å².